The lowest BCUT2D eigenvalue weighted by atomic mass is 10.2. The number of rotatable bonds is 2. The maximum Gasteiger partial charge on any atom is 0.244 e. The van der Waals surface area contributed by atoms with E-state index in [1.807, 2.05) is 25.8 Å². The molecule has 4 nitrogen and oxygen atoms in total. The Morgan fingerprint density at radius 1 is 1.53 bits per heavy atom. The first-order valence-electron chi connectivity index (χ1n) is 5.25. The molecular formula is C10H16FN3O. The van der Waals surface area contributed by atoms with Gasteiger partial charge in [-0.1, -0.05) is 19.0 Å². The summed E-state index contributed by atoms with van der Waals surface area (Å²) in [5.41, 5.74) is 0. The number of likely N-dealkylation sites (tertiary alicyclic amines) is 1. The van der Waals surface area contributed by atoms with Crippen LogP contribution in [0, 0.1) is 0 Å². The zero-order chi connectivity index (χ0) is 11.0. The van der Waals surface area contributed by atoms with Crippen molar-refractivity contribution in [3.05, 3.63) is 11.7 Å². The van der Waals surface area contributed by atoms with Gasteiger partial charge in [0.05, 0.1) is 6.04 Å². The maximum absolute atomic E-state index is 13.1. The van der Waals surface area contributed by atoms with E-state index in [1.165, 1.54) is 0 Å². The molecule has 5 heteroatoms. The second-order valence-electron chi connectivity index (χ2n) is 4.43. The minimum atomic E-state index is -0.783. The molecule has 0 unspecified atom stereocenters. The van der Waals surface area contributed by atoms with Gasteiger partial charge < -0.3 is 4.52 Å². The van der Waals surface area contributed by atoms with Crippen LogP contribution in [-0.4, -0.2) is 34.8 Å². The summed E-state index contributed by atoms with van der Waals surface area (Å²) in [6.45, 7) is 4.46. The van der Waals surface area contributed by atoms with Crippen molar-refractivity contribution in [3.63, 3.8) is 0 Å². The van der Waals surface area contributed by atoms with Crippen LogP contribution in [0.4, 0.5) is 4.39 Å². The molecule has 15 heavy (non-hydrogen) atoms. The first-order chi connectivity index (χ1) is 7.08. The van der Waals surface area contributed by atoms with Crippen LogP contribution in [0.3, 0.4) is 0 Å². The van der Waals surface area contributed by atoms with Gasteiger partial charge in [0.25, 0.3) is 0 Å². The van der Waals surface area contributed by atoms with E-state index in [0.717, 1.165) is 0 Å². The van der Waals surface area contributed by atoms with Gasteiger partial charge in [0.1, 0.15) is 6.17 Å². The highest BCUT2D eigenvalue weighted by atomic mass is 19.1. The van der Waals surface area contributed by atoms with Gasteiger partial charge in [-0.05, 0) is 7.05 Å². The molecule has 0 N–H and O–H groups in total. The zero-order valence-corrected chi connectivity index (χ0v) is 9.27. The standard InChI is InChI=1S/C10H16FN3O/c1-6(2)9-12-10(15-13-9)8-4-7(11)5-14(8)3/h6-8H,4-5H2,1-3H3/t7-,8-/m1/s1. The third-order valence-corrected chi connectivity index (χ3v) is 2.76. The lowest BCUT2D eigenvalue weighted by Gasteiger charge is -2.13. The molecule has 0 radical (unpaired) electrons. The largest absolute Gasteiger partial charge is 0.338 e. The van der Waals surface area contributed by atoms with E-state index in [9.17, 15) is 4.39 Å². The van der Waals surface area contributed by atoms with E-state index >= 15 is 0 Å². The number of hydrogen-bond acceptors (Lipinski definition) is 4. The van der Waals surface area contributed by atoms with Crippen molar-refractivity contribution < 1.29 is 8.91 Å². The third-order valence-electron chi connectivity index (χ3n) is 2.76. The normalized spacial score (nSPS) is 27.8. The van der Waals surface area contributed by atoms with Gasteiger partial charge in [0.2, 0.25) is 5.89 Å². The van der Waals surface area contributed by atoms with Crippen molar-refractivity contribution >= 4 is 0 Å². The second kappa shape index (κ2) is 3.89. The Kier molecular flexibility index (Phi) is 2.73. The molecule has 0 aromatic carbocycles. The van der Waals surface area contributed by atoms with Crippen LogP contribution >= 0.6 is 0 Å². The highest BCUT2D eigenvalue weighted by Crippen LogP contribution is 2.31. The first-order valence-corrected chi connectivity index (χ1v) is 5.25. The van der Waals surface area contributed by atoms with Gasteiger partial charge in [-0.15, -0.1) is 0 Å². The van der Waals surface area contributed by atoms with Crippen LogP contribution in [0.15, 0.2) is 4.52 Å². The van der Waals surface area contributed by atoms with E-state index in [4.69, 9.17) is 4.52 Å². The Bertz CT molecular complexity index is 339. The number of halogens is 1. The minimum absolute atomic E-state index is 0.0556. The average molecular weight is 213 g/mol. The Morgan fingerprint density at radius 2 is 2.27 bits per heavy atom. The molecule has 1 aromatic heterocycles. The van der Waals surface area contributed by atoms with Crippen molar-refractivity contribution in [1.29, 1.82) is 0 Å². The summed E-state index contributed by atoms with van der Waals surface area (Å²) in [6, 6.07) is -0.0556. The summed E-state index contributed by atoms with van der Waals surface area (Å²) in [6.07, 6.45) is -0.328. The molecule has 2 heterocycles. The highest BCUT2D eigenvalue weighted by molar-refractivity contribution is 5.00. The Balaban J connectivity index is 2.15. The van der Waals surface area contributed by atoms with Gasteiger partial charge in [0, 0.05) is 18.9 Å². The smallest absolute Gasteiger partial charge is 0.244 e. The summed E-state index contributed by atoms with van der Waals surface area (Å²) < 4.78 is 18.3. The van der Waals surface area contributed by atoms with Gasteiger partial charge in [-0.3, -0.25) is 4.90 Å². The van der Waals surface area contributed by atoms with E-state index in [1.54, 1.807) is 0 Å². The van der Waals surface area contributed by atoms with E-state index in [-0.39, 0.29) is 12.0 Å². The summed E-state index contributed by atoms with van der Waals surface area (Å²) in [7, 11) is 1.88. The van der Waals surface area contributed by atoms with Crippen LogP contribution in [0.5, 0.6) is 0 Å². The number of aromatic nitrogens is 2. The van der Waals surface area contributed by atoms with E-state index in [0.29, 0.717) is 24.7 Å². The first kappa shape index (κ1) is 10.5. The molecule has 1 aromatic rings. The molecule has 0 saturated carbocycles. The fourth-order valence-corrected chi connectivity index (χ4v) is 1.84. The lowest BCUT2D eigenvalue weighted by molar-refractivity contribution is 0.242. The number of nitrogens with zero attached hydrogens (tertiary/aromatic N) is 3. The van der Waals surface area contributed by atoms with Crippen LogP contribution < -0.4 is 0 Å². The van der Waals surface area contributed by atoms with Crippen molar-refractivity contribution in [1.82, 2.24) is 15.0 Å². The molecule has 1 aliphatic heterocycles. The lowest BCUT2D eigenvalue weighted by Crippen LogP contribution is -2.18. The van der Waals surface area contributed by atoms with Crippen LogP contribution in [0.2, 0.25) is 0 Å². The second-order valence-corrected chi connectivity index (χ2v) is 4.43. The monoisotopic (exact) mass is 213 g/mol. The third kappa shape index (κ3) is 2.02. The molecule has 0 spiro atoms. The highest BCUT2D eigenvalue weighted by Gasteiger charge is 2.34. The predicted octanol–water partition coefficient (Wildman–Crippen LogP) is 1.91. The molecule has 2 atom stereocenters. The molecule has 1 aliphatic rings. The minimum Gasteiger partial charge on any atom is -0.338 e. The van der Waals surface area contributed by atoms with Crippen LogP contribution in [-0.2, 0) is 0 Å². The Morgan fingerprint density at radius 3 is 2.73 bits per heavy atom. The van der Waals surface area contributed by atoms with Crippen LogP contribution in [0.1, 0.15) is 43.9 Å². The zero-order valence-electron chi connectivity index (χ0n) is 9.27. The molecule has 2 rings (SSSR count). The number of alkyl halides is 1. The van der Waals surface area contributed by atoms with Crippen molar-refractivity contribution in [2.45, 2.75) is 38.4 Å². The molecule has 84 valence electrons. The summed E-state index contributed by atoms with van der Waals surface area (Å²) >= 11 is 0. The van der Waals surface area contributed by atoms with Crippen LogP contribution in [0.25, 0.3) is 0 Å². The summed E-state index contributed by atoms with van der Waals surface area (Å²) in [5, 5.41) is 3.88. The molecular weight excluding hydrogens is 197 g/mol. The summed E-state index contributed by atoms with van der Waals surface area (Å²) in [4.78, 5) is 6.21. The average Bonchev–Trinajstić information content (AvgIpc) is 2.71. The van der Waals surface area contributed by atoms with E-state index < -0.39 is 6.17 Å². The molecule has 1 fully saturated rings. The Labute approximate surface area is 88.5 Å². The fourth-order valence-electron chi connectivity index (χ4n) is 1.84. The van der Waals surface area contributed by atoms with E-state index in [2.05, 4.69) is 10.1 Å². The van der Waals surface area contributed by atoms with Crippen molar-refractivity contribution in [3.8, 4) is 0 Å². The fraction of sp³-hybridized carbons (Fsp3) is 0.800. The molecule has 0 aliphatic carbocycles. The SMILES string of the molecule is CC(C)c1noc([C@H]2C[C@@H](F)CN2C)n1. The molecule has 0 bridgehead atoms. The quantitative estimate of drug-likeness (QED) is 0.752. The predicted molar refractivity (Wildman–Crippen MR) is 53.3 cm³/mol. The van der Waals surface area contributed by atoms with Crippen molar-refractivity contribution in [2.24, 2.45) is 0 Å². The molecule has 1 saturated heterocycles. The van der Waals surface area contributed by atoms with Crippen molar-refractivity contribution in [2.75, 3.05) is 13.6 Å². The van der Waals surface area contributed by atoms with Gasteiger partial charge in [-0.25, -0.2) is 4.39 Å². The van der Waals surface area contributed by atoms with Gasteiger partial charge in [0.15, 0.2) is 5.82 Å². The maximum atomic E-state index is 13.1. The Hall–Kier alpha value is -0.970. The molecule has 0 amide bonds. The number of hydrogen-bond donors (Lipinski definition) is 0. The van der Waals surface area contributed by atoms with Gasteiger partial charge >= 0.3 is 0 Å². The summed E-state index contributed by atoms with van der Waals surface area (Å²) in [5.74, 6) is 1.48. The topological polar surface area (TPSA) is 42.2 Å². The van der Waals surface area contributed by atoms with Gasteiger partial charge in [-0.2, -0.15) is 4.98 Å².